The summed E-state index contributed by atoms with van der Waals surface area (Å²) in [6.45, 7) is 7.54. The molecule has 0 saturated carbocycles. The van der Waals surface area contributed by atoms with Crippen molar-refractivity contribution in [2.45, 2.75) is 52.4 Å². The number of thiophene rings is 1. The summed E-state index contributed by atoms with van der Waals surface area (Å²) in [4.78, 5) is 30.1. The molecule has 1 aromatic carbocycles. The Kier molecular flexibility index (Phi) is 6.13. The molecule has 5 nitrogen and oxygen atoms in total. The number of benzene rings is 1. The molecule has 3 heterocycles. The van der Waals surface area contributed by atoms with Crippen molar-refractivity contribution in [3.63, 3.8) is 0 Å². The standard InChI is InChI=1S/C26H32N4OS/c1-18(2)17-22-27-24(23-20-11-7-4-8-12-21(20)32-25(23)28-22)29-13-15-30(16-14-29)26(31)19-9-5-3-6-10-19/h3,5-6,9-10,18H,4,7-8,11-17H2,1-2H3. The molecular weight excluding hydrogens is 416 g/mol. The van der Waals surface area contributed by atoms with Gasteiger partial charge in [0.15, 0.2) is 0 Å². The highest BCUT2D eigenvalue weighted by Crippen LogP contribution is 2.39. The van der Waals surface area contributed by atoms with Crippen molar-refractivity contribution >= 4 is 33.3 Å². The summed E-state index contributed by atoms with van der Waals surface area (Å²) in [7, 11) is 0. The van der Waals surface area contributed by atoms with Gasteiger partial charge in [0, 0.05) is 43.0 Å². The van der Waals surface area contributed by atoms with Crippen LogP contribution in [-0.2, 0) is 19.3 Å². The molecule has 1 fully saturated rings. The second-order valence-electron chi connectivity index (χ2n) is 9.45. The highest BCUT2D eigenvalue weighted by Gasteiger charge is 2.27. The predicted molar refractivity (Wildman–Crippen MR) is 132 cm³/mol. The SMILES string of the molecule is CC(C)Cc1nc(N2CCN(C(=O)c3ccccc3)CC2)c2c3c(sc2n1)CCCCC3. The van der Waals surface area contributed by atoms with E-state index in [0.29, 0.717) is 5.92 Å². The zero-order valence-electron chi connectivity index (χ0n) is 19.1. The zero-order valence-corrected chi connectivity index (χ0v) is 20.0. The Morgan fingerprint density at radius 3 is 2.50 bits per heavy atom. The van der Waals surface area contributed by atoms with Crippen molar-refractivity contribution in [2.75, 3.05) is 31.1 Å². The molecule has 1 aliphatic heterocycles. The number of hydrogen-bond donors (Lipinski definition) is 0. The molecular formula is C26H32N4OS. The van der Waals surface area contributed by atoms with Gasteiger partial charge in [-0.15, -0.1) is 11.3 Å². The minimum Gasteiger partial charge on any atom is -0.352 e. The number of rotatable bonds is 4. The highest BCUT2D eigenvalue weighted by atomic mass is 32.1. The molecule has 2 aromatic heterocycles. The van der Waals surface area contributed by atoms with Crippen LogP contribution in [0.3, 0.4) is 0 Å². The lowest BCUT2D eigenvalue weighted by molar-refractivity contribution is 0.0746. The summed E-state index contributed by atoms with van der Waals surface area (Å²) in [5, 5.41) is 1.29. The number of anilines is 1. The lowest BCUT2D eigenvalue weighted by Crippen LogP contribution is -2.49. The van der Waals surface area contributed by atoms with Gasteiger partial charge in [-0.3, -0.25) is 4.79 Å². The smallest absolute Gasteiger partial charge is 0.253 e. The van der Waals surface area contributed by atoms with Crippen molar-refractivity contribution in [3.05, 3.63) is 52.2 Å². The summed E-state index contributed by atoms with van der Waals surface area (Å²) >= 11 is 1.89. The fourth-order valence-corrected chi connectivity index (χ4v) is 6.20. The first kappa shape index (κ1) is 21.4. The largest absolute Gasteiger partial charge is 0.352 e. The van der Waals surface area contributed by atoms with Crippen LogP contribution in [0.2, 0.25) is 0 Å². The molecule has 2 aliphatic rings. The van der Waals surface area contributed by atoms with Crippen LogP contribution in [0.25, 0.3) is 10.2 Å². The third-order valence-electron chi connectivity index (χ3n) is 6.57. The molecule has 0 spiro atoms. The van der Waals surface area contributed by atoms with Gasteiger partial charge < -0.3 is 9.80 Å². The van der Waals surface area contributed by atoms with Crippen LogP contribution in [0.15, 0.2) is 30.3 Å². The van der Waals surface area contributed by atoms with E-state index in [4.69, 9.17) is 9.97 Å². The average molecular weight is 449 g/mol. The Bertz CT molecular complexity index is 1100. The minimum absolute atomic E-state index is 0.128. The van der Waals surface area contributed by atoms with E-state index in [2.05, 4.69) is 18.7 Å². The van der Waals surface area contributed by atoms with Crippen molar-refractivity contribution < 1.29 is 4.79 Å². The Balaban J connectivity index is 1.45. The minimum atomic E-state index is 0.128. The van der Waals surface area contributed by atoms with E-state index in [-0.39, 0.29) is 5.91 Å². The normalized spacial score (nSPS) is 17.0. The van der Waals surface area contributed by atoms with Crippen molar-refractivity contribution in [3.8, 4) is 0 Å². The van der Waals surface area contributed by atoms with E-state index in [0.717, 1.165) is 56.2 Å². The van der Waals surface area contributed by atoms with Gasteiger partial charge in [0.1, 0.15) is 16.5 Å². The second kappa shape index (κ2) is 9.18. The molecule has 0 unspecified atom stereocenters. The molecule has 6 heteroatoms. The van der Waals surface area contributed by atoms with Gasteiger partial charge in [-0.2, -0.15) is 0 Å². The second-order valence-corrected chi connectivity index (χ2v) is 10.5. The van der Waals surface area contributed by atoms with Crippen molar-refractivity contribution in [2.24, 2.45) is 5.92 Å². The molecule has 168 valence electrons. The molecule has 0 radical (unpaired) electrons. The van der Waals surface area contributed by atoms with Gasteiger partial charge in [-0.25, -0.2) is 9.97 Å². The van der Waals surface area contributed by atoms with E-state index >= 15 is 0 Å². The van der Waals surface area contributed by atoms with Crippen LogP contribution in [0.5, 0.6) is 0 Å². The van der Waals surface area contributed by atoms with E-state index < -0.39 is 0 Å². The van der Waals surface area contributed by atoms with Gasteiger partial charge in [0.25, 0.3) is 5.91 Å². The first-order chi connectivity index (χ1) is 15.6. The summed E-state index contributed by atoms with van der Waals surface area (Å²) < 4.78 is 0. The number of hydrogen-bond acceptors (Lipinski definition) is 5. The van der Waals surface area contributed by atoms with Crippen molar-refractivity contribution in [1.29, 1.82) is 0 Å². The Hall–Kier alpha value is -2.47. The van der Waals surface area contributed by atoms with Gasteiger partial charge in [0.05, 0.1) is 5.39 Å². The van der Waals surface area contributed by atoms with Crippen LogP contribution in [0.1, 0.15) is 59.7 Å². The van der Waals surface area contributed by atoms with Gasteiger partial charge in [-0.05, 0) is 49.3 Å². The fraction of sp³-hybridized carbons (Fsp3) is 0.500. The maximum atomic E-state index is 12.9. The molecule has 1 saturated heterocycles. The maximum Gasteiger partial charge on any atom is 0.253 e. The monoisotopic (exact) mass is 448 g/mol. The fourth-order valence-electron chi connectivity index (χ4n) is 4.93. The van der Waals surface area contributed by atoms with E-state index in [1.165, 1.54) is 46.3 Å². The zero-order chi connectivity index (χ0) is 22.1. The third-order valence-corrected chi connectivity index (χ3v) is 7.76. The topological polar surface area (TPSA) is 49.3 Å². The number of nitrogens with zero attached hydrogens (tertiary/aromatic N) is 4. The van der Waals surface area contributed by atoms with Crippen LogP contribution in [0.4, 0.5) is 5.82 Å². The molecule has 5 rings (SSSR count). The van der Waals surface area contributed by atoms with Crippen molar-refractivity contribution in [1.82, 2.24) is 14.9 Å². The van der Waals surface area contributed by atoms with E-state index in [1.54, 1.807) is 0 Å². The van der Waals surface area contributed by atoms with Crippen LogP contribution in [0, 0.1) is 5.92 Å². The first-order valence-electron chi connectivity index (χ1n) is 12.0. The number of amides is 1. The Morgan fingerprint density at radius 2 is 1.75 bits per heavy atom. The summed E-state index contributed by atoms with van der Waals surface area (Å²) in [5.41, 5.74) is 2.27. The number of aromatic nitrogens is 2. The Labute approximate surface area is 194 Å². The number of aryl methyl sites for hydroxylation is 2. The predicted octanol–water partition coefficient (Wildman–Crippen LogP) is 5.12. The number of carbonyl (C=O) groups is 1. The quantitative estimate of drug-likeness (QED) is 0.520. The third kappa shape index (κ3) is 4.25. The summed E-state index contributed by atoms with van der Waals surface area (Å²) in [5.74, 6) is 2.72. The Morgan fingerprint density at radius 1 is 1.00 bits per heavy atom. The summed E-state index contributed by atoms with van der Waals surface area (Å²) in [6, 6.07) is 9.62. The van der Waals surface area contributed by atoms with Gasteiger partial charge >= 0.3 is 0 Å². The number of piperazine rings is 1. The van der Waals surface area contributed by atoms with Gasteiger partial charge in [-0.1, -0.05) is 38.5 Å². The molecule has 0 N–H and O–H groups in total. The van der Waals surface area contributed by atoms with Crippen LogP contribution in [-0.4, -0.2) is 47.0 Å². The van der Waals surface area contributed by atoms with Crippen LogP contribution < -0.4 is 4.90 Å². The maximum absolute atomic E-state index is 12.9. The molecule has 1 aliphatic carbocycles. The lowest BCUT2D eigenvalue weighted by Gasteiger charge is -2.36. The highest BCUT2D eigenvalue weighted by molar-refractivity contribution is 7.19. The van der Waals surface area contributed by atoms with Gasteiger partial charge in [0.2, 0.25) is 0 Å². The van der Waals surface area contributed by atoms with Crippen LogP contribution >= 0.6 is 11.3 Å². The number of fused-ring (bicyclic) bond motifs is 3. The first-order valence-corrected chi connectivity index (χ1v) is 12.8. The molecule has 1 amide bonds. The molecule has 3 aromatic rings. The summed E-state index contributed by atoms with van der Waals surface area (Å²) in [6.07, 6.45) is 7.06. The van der Waals surface area contributed by atoms with E-state index in [1.807, 2.05) is 46.6 Å². The molecule has 32 heavy (non-hydrogen) atoms. The average Bonchev–Trinajstić information content (AvgIpc) is 2.99. The molecule has 0 bridgehead atoms. The van der Waals surface area contributed by atoms with E-state index in [9.17, 15) is 4.79 Å². The number of carbonyl (C=O) groups excluding carboxylic acids is 1. The molecule has 0 atom stereocenters. The lowest BCUT2D eigenvalue weighted by atomic mass is 10.1.